The van der Waals surface area contributed by atoms with E-state index in [4.69, 9.17) is 21.1 Å². The molecule has 2 aromatic carbocycles. The number of esters is 1. The zero-order chi connectivity index (χ0) is 18.5. The second-order valence-electron chi connectivity index (χ2n) is 5.75. The quantitative estimate of drug-likeness (QED) is 0.828. The van der Waals surface area contributed by atoms with Crippen LogP contribution in [-0.4, -0.2) is 32.2 Å². The number of hydrogen-bond donors (Lipinski definition) is 1. The number of carbonyl (C=O) groups is 2. The average molecular weight is 376 g/mol. The monoisotopic (exact) mass is 375 g/mol. The highest BCUT2D eigenvalue weighted by Gasteiger charge is 2.17. The Morgan fingerprint density at radius 1 is 1.19 bits per heavy atom. The van der Waals surface area contributed by atoms with E-state index in [2.05, 4.69) is 10.1 Å². The molecule has 1 aliphatic heterocycles. The Morgan fingerprint density at radius 2 is 2.00 bits per heavy atom. The van der Waals surface area contributed by atoms with Gasteiger partial charge >= 0.3 is 5.97 Å². The lowest BCUT2D eigenvalue weighted by molar-refractivity contribution is -0.115. The number of carbonyl (C=O) groups excluding carboxylic acids is 2. The number of nitrogens with one attached hydrogen (secondary N) is 1. The fourth-order valence-corrected chi connectivity index (χ4v) is 2.91. The molecule has 26 heavy (non-hydrogen) atoms. The molecule has 0 fully saturated rings. The highest BCUT2D eigenvalue weighted by molar-refractivity contribution is 6.32. The number of hydrogen-bond acceptors (Lipinski definition) is 5. The zero-order valence-electron chi connectivity index (χ0n) is 14.2. The minimum atomic E-state index is -0.462. The molecule has 7 heteroatoms. The number of halogens is 1. The zero-order valence-corrected chi connectivity index (χ0v) is 15.0. The maximum Gasteiger partial charge on any atom is 0.337 e. The summed E-state index contributed by atoms with van der Waals surface area (Å²) in [5.74, 6) is 0.359. The van der Waals surface area contributed by atoms with E-state index in [0.717, 1.165) is 6.42 Å². The fraction of sp³-hybridized carbons (Fsp3) is 0.263. The maximum atomic E-state index is 12.3. The van der Waals surface area contributed by atoms with Gasteiger partial charge in [-0.1, -0.05) is 17.7 Å². The summed E-state index contributed by atoms with van der Waals surface area (Å²) in [7, 11) is 1.31. The lowest BCUT2D eigenvalue weighted by atomic mass is 10.1. The fourth-order valence-electron chi connectivity index (χ4n) is 2.62. The summed E-state index contributed by atoms with van der Waals surface area (Å²) in [5, 5.41) is 3.18. The number of rotatable bonds is 4. The molecule has 0 saturated carbocycles. The van der Waals surface area contributed by atoms with E-state index in [-0.39, 0.29) is 12.3 Å². The highest BCUT2D eigenvalue weighted by atomic mass is 35.5. The van der Waals surface area contributed by atoms with Crippen molar-refractivity contribution in [3.63, 3.8) is 0 Å². The van der Waals surface area contributed by atoms with E-state index in [9.17, 15) is 9.59 Å². The van der Waals surface area contributed by atoms with Crippen molar-refractivity contribution >= 4 is 29.2 Å². The Balaban J connectivity index is 1.71. The summed E-state index contributed by atoms with van der Waals surface area (Å²) in [6.07, 6.45) is 0.885. The molecule has 0 saturated heterocycles. The lowest BCUT2D eigenvalue weighted by Gasteiger charge is -2.12. The van der Waals surface area contributed by atoms with Gasteiger partial charge in [0.05, 0.1) is 37.3 Å². The number of ether oxygens (including phenoxy) is 3. The van der Waals surface area contributed by atoms with Crippen LogP contribution in [0.5, 0.6) is 11.5 Å². The first-order valence-corrected chi connectivity index (χ1v) is 8.51. The van der Waals surface area contributed by atoms with Gasteiger partial charge in [-0.25, -0.2) is 4.79 Å². The molecule has 0 atom stereocenters. The van der Waals surface area contributed by atoms with Crippen molar-refractivity contribution in [3.05, 3.63) is 52.5 Å². The van der Waals surface area contributed by atoms with Gasteiger partial charge in [0.15, 0.2) is 11.5 Å². The molecule has 1 heterocycles. The minimum absolute atomic E-state index is 0.110. The van der Waals surface area contributed by atoms with Gasteiger partial charge in [-0.15, -0.1) is 0 Å². The van der Waals surface area contributed by atoms with Crippen LogP contribution in [0.3, 0.4) is 0 Å². The van der Waals surface area contributed by atoms with Crippen LogP contribution < -0.4 is 14.8 Å². The summed E-state index contributed by atoms with van der Waals surface area (Å²) >= 11 is 6.25. The van der Waals surface area contributed by atoms with Gasteiger partial charge in [0.1, 0.15) is 0 Å². The third-order valence-corrected chi connectivity index (χ3v) is 4.07. The Bertz CT molecular complexity index is 837. The smallest absolute Gasteiger partial charge is 0.337 e. The van der Waals surface area contributed by atoms with Crippen molar-refractivity contribution in [2.45, 2.75) is 12.8 Å². The van der Waals surface area contributed by atoms with E-state index in [1.807, 2.05) is 0 Å². The Hall–Kier alpha value is -2.73. The number of anilines is 1. The summed E-state index contributed by atoms with van der Waals surface area (Å²) in [6.45, 7) is 1.09. The largest absolute Gasteiger partial charge is 0.489 e. The van der Waals surface area contributed by atoms with Crippen molar-refractivity contribution < 1.29 is 23.8 Å². The molecule has 0 bridgehead atoms. The molecule has 0 radical (unpaired) electrons. The van der Waals surface area contributed by atoms with Crippen LogP contribution in [-0.2, 0) is 16.0 Å². The number of benzene rings is 2. The molecule has 1 aliphatic rings. The summed E-state index contributed by atoms with van der Waals surface area (Å²) in [6, 6.07) is 10.0. The topological polar surface area (TPSA) is 73.9 Å². The van der Waals surface area contributed by atoms with Crippen LogP contribution in [0, 0.1) is 0 Å². The minimum Gasteiger partial charge on any atom is -0.489 e. The predicted molar refractivity (Wildman–Crippen MR) is 97.2 cm³/mol. The predicted octanol–water partition coefficient (Wildman–Crippen LogP) is 3.47. The average Bonchev–Trinajstić information content (AvgIpc) is 2.87. The molecule has 0 spiro atoms. The van der Waals surface area contributed by atoms with Crippen molar-refractivity contribution in [3.8, 4) is 11.5 Å². The van der Waals surface area contributed by atoms with E-state index >= 15 is 0 Å². The second-order valence-corrected chi connectivity index (χ2v) is 6.16. The van der Waals surface area contributed by atoms with Gasteiger partial charge in [-0.3, -0.25) is 4.79 Å². The molecular formula is C19H18ClNO5. The molecule has 0 aromatic heterocycles. The Kier molecular flexibility index (Phi) is 5.63. The van der Waals surface area contributed by atoms with Gasteiger partial charge < -0.3 is 19.5 Å². The van der Waals surface area contributed by atoms with Crippen molar-refractivity contribution in [1.29, 1.82) is 0 Å². The van der Waals surface area contributed by atoms with Crippen LogP contribution in [0.4, 0.5) is 5.69 Å². The van der Waals surface area contributed by atoms with E-state index < -0.39 is 5.97 Å². The number of fused-ring (bicyclic) bond motifs is 1. The summed E-state index contributed by atoms with van der Waals surface area (Å²) in [5.41, 5.74) is 1.59. The van der Waals surface area contributed by atoms with Gasteiger partial charge in [-0.05, 0) is 35.9 Å². The van der Waals surface area contributed by atoms with Crippen molar-refractivity contribution in [1.82, 2.24) is 0 Å². The standard InChI is InChI=1S/C19H18ClNO5/c1-24-19(23)13-4-2-5-14(11-13)21-17(22)10-12-8-15(20)18-16(9-12)25-6-3-7-26-18/h2,4-5,8-9,11H,3,6-7,10H2,1H3,(H,21,22). The van der Waals surface area contributed by atoms with E-state index in [1.165, 1.54) is 7.11 Å². The normalized spacial score (nSPS) is 12.8. The first kappa shape index (κ1) is 18.1. The summed E-state index contributed by atoms with van der Waals surface area (Å²) in [4.78, 5) is 23.9. The van der Waals surface area contributed by atoms with Gasteiger partial charge in [0.25, 0.3) is 0 Å². The molecule has 136 valence electrons. The number of methoxy groups -OCH3 is 1. The van der Waals surface area contributed by atoms with Crippen LogP contribution in [0.15, 0.2) is 36.4 Å². The van der Waals surface area contributed by atoms with Gasteiger partial charge in [-0.2, -0.15) is 0 Å². The molecule has 2 aromatic rings. The molecule has 6 nitrogen and oxygen atoms in total. The Labute approximate surface area is 156 Å². The molecule has 0 aliphatic carbocycles. The van der Waals surface area contributed by atoms with Crippen LogP contribution >= 0.6 is 11.6 Å². The lowest BCUT2D eigenvalue weighted by Crippen LogP contribution is -2.15. The van der Waals surface area contributed by atoms with Crippen molar-refractivity contribution in [2.24, 2.45) is 0 Å². The van der Waals surface area contributed by atoms with E-state index in [1.54, 1.807) is 36.4 Å². The first-order chi connectivity index (χ1) is 12.6. The molecule has 0 unspecified atom stereocenters. The first-order valence-electron chi connectivity index (χ1n) is 8.13. The molecule has 1 amide bonds. The number of amides is 1. The molecule has 3 rings (SSSR count). The maximum absolute atomic E-state index is 12.3. The van der Waals surface area contributed by atoms with Crippen LogP contribution in [0.1, 0.15) is 22.3 Å². The van der Waals surface area contributed by atoms with E-state index in [0.29, 0.717) is 46.5 Å². The van der Waals surface area contributed by atoms with Crippen LogP contribution in [0.25, 0.3) is 0 Å². The third kappa shape index (κ3) is 4.26. The summed E-state index contributed by atoms with van der Waals surface area (Å²) < 4.78 is 15.9. The highest BCUT2D eigenvalue weighted by Crippen LogP contribution is 2.38. The van der Waals surface area contributed by atoms with Crippen LogP contribution in [0.2, 0.25) is 5.02 Å². The third-order valence-electron chi connectivity index (χ3n) is 3.79. The SMILES string of the molecule is COC(=O)c1cccc(NC(=O)Cc2cc(Cl)c3c(c2)OCCCO3)c1. The van der Waals surface area contributed by atoms with Crippen molar-refractivity contribution in [2.75, 3.05) is 25.6 Å². The van der Waals surface area contributed by atoms with Gasteiger partial charge in [0.2, 0.25) is 5.91 Å². The Morgan fingerprint density at radius 3 is 2.81 bits per heavy atom. The second kappa shape index (κ2) is 8.10. The molecule has 1 N–H and O–H groups in total. The molecular weight excluding hydrogens is 358 g/mol. The van der Waals surface area contributed by atoms with Gasteiger partial charge in [0, 0.05) is 12.1 Å².